The SMILES string of the molecule is Cc1ccc(S(=O)(=O)NCc2ccc(C(=O)Nc3cccc(S(N)(=O)=O)c3)cc2)cc1C. The van der Waals surface area contributed by atoms with Crippen molar-refractivity contribution in [3.8, 4) is 0 Å². The minimum absolute atomic E-state index is 0.0631. The van der Waals surface area contributed by atoms with E-state index in [0.717, 1.165) is 11.1 Å². The normalized spacial score (nSPS) is 11.8. The van der Waals surface area contributed by atoms with Crippen LogP contribution in [0.2, 0.25) is 0 Å². The number of primary sulfonamides is 1. The number of hydrogen-bond donors (Lipinski definition) is 3. The van der Waals surface area contributed by atoms with E-state index in [1.165, 1.54) is 18.2 Å². The first-order chi connectivity index (χ1) is 15.0. The average molecular weight is 474 g/mol. The largest absolute Gasteiger partial charge is 0.322 e. The van der Waals surface area contributed by atoms with Crippen LogP contribution in [0, 0.1) is 13.8 Å². The molecule has 0 atom stereocenters. The van der Waals surface area contributed by atoms with Crippen molar-refractivity contribution in [3.05, 3.63) is 89.0 Å². The van der Waals surface area contributed by atoms with E-state index in [1.807, 2.05) is 13.8 Å². The van der Waals surface area contributed by atoms with Crippen LogP contribution in [0.15, 0.2) is 76.5 Å². The van der Waals surface area contributed by atoms with E-state index >= 15 is 0 Å². The number of rotatable bonds is 7. The van der Waals surface area contributed by atoms with Gasteiger partial charge in [0.05, 0.1) is 9.79 Å². The molecular formula is C22H23N3O5S2. The summed E-state index contributed by atoms with van der Waals surface area (Å²) >= 11 is 0. The number of sulfonamides is 2. The molecule has 3 aromatic carbocycles. The van der Waals surface area contributed by atoms with Gasteiger partial charge in [-0.1, -0.05) is 24.3 Å². The Kier molecular flexibility index (Phi) is 6.79. The van der Waals surface area contributed by atoms with E-state index in [9.17, 15) is 21.6 Å². The third kappa shape index (κ3) is 5.80. The van der Waals surface area contributed by atoms with Gasteiger partial charge >= 0.3 is 0 Å². The molecule has 1 amide bonds. The fourth-order valence-electron chi connectivity index (χ4n) is 2.87. The van der Waals surface area contributed by atoms with Crippen LogP contribution in [-0.2, 0) is 26.6 Å². The number of amides is 1. The van der Waals surface area contributed by atoms with Crippen molar-refractivity contribution >= 4 is 31.6 Å². The molecule has 4 N–H and O–H groups in total. The molecule has 0 aliphatic heterocycles. The molecule has 0 aliphatic carbocycles. The predicted octanol–water partition coefficient (Wildman–Crippen LogP) is 2.68. The lowest BCUT2D eigenvalue weighted by Gasteiger charge is -2.10. The van der Waals surface area contributed by atoms with Crippen molar-refractivity contribution in [2.45, 2.75) is 30.2 Å². The van der Waals surface area contributed by atoms with Crippen LogP contribution in [0.25, 0.3) is 0 Å². The number of benzene rings is 3. The zero-order valence-corrected chi connectivity index (χ0v) is 19.1. The first-order valence-corrected chi connectivity index (χ1v) is 12.6. The zero-order chi connectivity index (χ0) is 23.5. The van der Waals surface area contributed by atoms with Crippen molar-refractivity contribution in [2.75, 3.05) is 5.32 Å². The number of carbonyl (C=O) groups is 1. The Morgan fingerprint density at radius 3 is 2.16 bits per heavy atom. The van der Waals surface area contributed by atoms with Crippen LogP contribution in [0.5, 0.6) is 0 Å². The summed E-state index contributed by atoms with van der Waals surface area (Å²) in [6.45, 7) is 3.82. The van der Waals surface area contributed by atoms with Gasteiger partial charge in [0.2, 0.25) is 20.0 Å². The Labute approximate surface area is 187 Å². The van der Waals surface area contributed by atoms with Gasteiger partial charge in [0, 0.05) is 17.8 Å². The maximum atomic E-state index is 12.5. The average Bonchev–Trinajstić information content (AvgIpc) is 2.74. The highest BCUT2D eigenvalue weighted by Gasteiger charge is 2.15. The Morgan fingerprint density at radius 2 is 1.53 bits per heavy atom. The van der Waals surface area contributed by atoms with Crippen molar-refractivity contribution < 1.29 is 21.6 Å². The smallest absolute Gasteiger partial charge is 0.255 e. The second-order valence-electron chi connectivity index (χ2n) is 7.29. The van der Waals surface area contributed by atoms with E-state index < -0.39 is 26.0 Å². The molecule has 0 spiro atoms. The van der Waals surface area contributed by atoms with Crippen molar-refractivity contribution in [3.63, 3.8) is 0 Å². The molecule has 0 unspecified atom stereocenters. The molecule has 0 saturated carbocycles. The molecule has 8 nitrogen and oxygen atoms in total. The van der Waals surface area contributed by atoms with E-state index in [4.69, 9.17) is 5.14 Å². The van der Waals surface area contributed by atoms with Crippen LogP contribution >= 0.6 is 0 Å². The summed E-state index contributed by atoms with van der Waals surface area (Å²) in [6, 6.07) is 16.9. The molecule has 168 valence electrons. The fraction of sp³-hybridized carbons (Fsp3) is 0.136. The summed E-state index contributed by atoms with van der Waals surface area (Å²) in [5.74, 6) is -0.446. The minimum atomic E-state index is -3.88. The highest BCUT2D eigenvalue weighted by molar-refractivity contribution is 7.89. The first-order valence-electron chi connectivity index (χ1n) is 9.56. The second-order valence-corrected chi connectivity index (χ2v) is 10.6. The summed E-state index contributed by atoms with van der Waals surface area (Å²) in [6.07, 6.45) is 0. The molecule has 0 bridgehead atoms. The summed E-state index contributed by atoms with van der Waals surface area (Å²) in [5.41, 5.74) is 3.18. The first kappa shape index (κ1) is 23.6. The van der Waals surface area contributed by atoms with Crippen molar-refractivity contribution in [1.29, 1.82) is 0 Å². The van der Waals surface area contributed by atoms with Gasteiger partial charge in [-0.2, -0.15) is 0 Å². The maximum absolute atomic E-state index is 12.5. The summed E-state index contributed by atoms with van der Waals surface area (Å²) in [4.78, 5) is 12.5. The molecule has 0 radical (unpaired) electrons. The number of anilines is 1. The van der Waals surface area contributed by atoms with Gasteiger partial charge in [0.1, 0.15) is 0 Å². The van der Waals surface area contributed by atoms with E-state index in [-0.39, 0.29) is 22.0 Å². The van der Waals surface area contributed by atoms with Gasteiger partial charge in [0.25, 0.3) is 5.91 Å². The lowest BCUT2D eigenvalue weighted by Crippen LogP contribution is -2.23. The maximum Gasteiger partial charge on any atom is 0.255 e. The minimum Gasteiger partial charge on any atom is -0.322 e. The molecule has 32 heavy (non-hydrogen) atoms. The van der Waals surface area contributed by atoms with Gasteiger partial charge in [0.15, 0.2) is 0 Å². The summed E-state index contributed by atoms with van der Waals surface area (Å²) in [5, 5.41) is 7.71. The van der Waals surface area contributed by atoms with Crippen molar-refractivity contribution in [1.82, 2.24) is 4.72 Å². The molecule has 0 saturated heterocycles. The van der Waals surface area contributed by atoms with Gasteiger partial charge in [-0.15, -0.1) is 0 Å². The quantitative estimate of drug-likeness (QED) is 0.485. The van der Waals surface area contributed by atoms with Crippen molar-refractivity contribution in [2.24, 2.45) is 5.14 Å². The Balaban J connectivity index is 1.66. The number of hydrogen-bond acceptors (Lipinski definition) is 5. The van der Waals surface area contributed by atoms with Crippen LogP contribution in [0.1, 0.15) is 27.0 Å². The molecule has 0 aliphatic rings. The standard InChI is InChI=1S/C22H23N3O5S2/c1-15-6-11-21(12-16(15)2)32(29,30)24-14-17-7-9-18(10-8-17)22(26)25-19-4-3-5-20(13-19)31(23,27)28/h3-13,24H,14H2,1-2H3,(H,25,26)(H2,23,27,28). The highest BCUT2D eigenvalue weighted by atomic mass is 32.2. The summed E-state index contributed by atoms with van der Waals surface area (Å²) < 4.78 is 50.5. The number of aryl methyl sites for hydroxylation is 2. The van der Waals surface area contributed by atoms with E-state index in [0.29, 0.717) is 11.1 Å². The molecule has 10 heteroatoms. The number of carbonyl (C=O) groups excluding carboxylic acids is 1. The van der Waals surface area contributed by atoms with E-state index in [1.54, 1.807) is 48.5 Å². The highest BCUT2D eigenvalue weighted by Crippen LogP contribution is 2.17. The Morgan fingerprint density at radius 1 is 0.844 bits per heavy atom. The second kappa shape index (κ2) is 9.21. The van der Waals surface area contributed by atoms with E-state index in [2.05, 4.69) is 10.0 Å². The Hall–Kier alpha value is -3.05. The Bertz CT molecular complexity index is 1370. The lowest BCUT2D eigenvalue weighted by molar-refractivity contribution is 0.102. The number of nitrogens with two attached hydrogens (primary N) is 1. The summed E-state index contributed by atoms with van der Waals surface area (Å²) in [7, 11) is -7.55. The molecule has 3 rings (SSSR count). The zero-order valence-electron chi connectivity index (χ0n) is 17.5. The lowest BCUT2D eigenvalue weighted by atomic mass is 10.1. The van der Waals surface area contributed by atoms with Gasteiger partial charge < -0.3 is 5.32 Å². The molecule has 0 heterocycles. The monoisotopic (exact) mass is 473 g/mol. The molecule has 0 aromatic heterocycles. The third-order valence-electron chi connectivity index (χ3n) is 4.89. The van der Waals surface area contributed by atoms with Gasteiger partial charge in [-0.25, -0.2) is 26.7 Å². The van der Waals surface area contributed by atoms with Crippen LogP contribution in [-0.4, -0.2) is 22.7 Å². The molecule has 3 aromatic rings. The number of nitrogens with one attached hydrogen (secondary N) is 2. The van der Waals surface area contributed by atoms with Gasteiger partial charge in [-0.05, 0) is 73.0 Å². The van der Waals surface area contributed by atoms with Crippen LogP contribution in [0.4, 0.5) is 5.69 Å². The fourth-order valence-corrected chi connectivity index (χ4v) is 4.53. The third-order valence-corrected chi connectivity index (χ3v) is 7.20. The topological polar surface area (TPSA) is 135 Å². The van der Waals surface area contributed by atoms with Gasteiger partial charge in [-0.3, -0.25) is 4.79 Å². The molecule has 0 fully saturated rings. The molecular weight excluding hydrogens is 450 g/mol. The predicted molar refractivity (Wildman–Crippen MR) is 122 cm³/mol. The van der Waals surface area contributed by atoms with Crippen LogP contribution in [0.3, 0.4) is 0 Å². The van der Waals surface area contributed by atoms with Crippen LogP contribution < -0.4 is 15.2 Å².